The van der Waals surface area contributed by atoms with Gasteiger partial charge in [-0.1, -0.05) is 36.4 Å². The summed E-state index contributed by atoms with van der Waals surface area (Å²) in [5.74, 6) is -0.591. The van der Waals surface area contributed by atoms with Crippen LogP contribution >= 0.6 is 0 Å². The Bertz CT molecular complexity index is 936. The number of hydrogen-bond donors (Lipinski definition) is 2. The third-order valence-electron chi connectivity index (χ3n) is 4.58. The average Bonchev–Trinajstić information content (AvgIpc) is 3.08. The summed E-state index contributed by atoms with van der Waals surface area (Å²) in [6, 6.07) is 16.2. The van der Waals surface area contributed by atoms with Crippen LogP contribution < -0.4 is 5.32 Å². The van der Waals surface area contributed by atoms with E-state index in [0.29, 0.717) is 25.1 Å². The third-order valence-corrected chi connectivity index (χ3v) is 4.58. The first-order chi connectivity index (χ1) is 12.7. The molecule has 0 radical (unpaired) electrons. The van der Waals surface area contributed by atoms with Gasteiger partial charge in [0.25, 0.3) is 0 Å². The number of piperazine rings is 1. The summed E-state index contributed by atoms with van der Waals surface area (Å²) in [5.41, 5.74) is 2.50. The van der Waals surface area contributed by atoms with Gasteiger partial charge in [-0.2, -0.15) is 0 Å². The van der Waals surface area contributed by atoms with Gasteiger partial charge in [0, 0.05) is 30.1 Å². The van der Waals surface area contributed by atoms with Crippen molar-refractivity contribution in [1.82, 2.24) is 15.4 Å². The van der Waals surface area contributed by atoms with E-state index in [2.05, 4.69) is 10.3 Å². The van der Waals surface area contributed by atoms with Crippen LogP contribution in [0.2, 0.25) is 0 Å². The van der Waals surface area contributed by atoms with Crippen molar-refractivity contribution in [2.75, 3.05) is 13.1 Å². The van der Waals surface area contributed by atoms with E-state index in [1.54, 1.807) is 24.3 Å². The van der Waals surface area contributed by atoms with Gasteiger partial charge in [0.2, 0.25) is 5.91 Å². The Kier molecular flexibility index (Phi) is 4.41. The molecule has 2 heterocycles. The van der Waals surface area contributed by atoms with Gasteiger partial charge >= 0.3 is 5.97 Å². The molecule has 0 spiro atoms. The smallest absolute Gasteiger partial charge is 0.357 e. The maximum Gasteiger partial charge on any atom is 0.357 e. The highest BCUT2D eigenvalue weighted by Gasteiger charge is 2.33. The molecule has 0 saturated carbocycles. The van der Waals surface area contributed by atoms with E-state index in [1.807, 2.05) is 36.5 Å². The van der Waals surface area contributed by atoms with E-state index in [-0.39, 0.29) is 5.91 Å². The molecular weight excluding hydrogens is 330 g/mol. The first kappa shape index (κ1) is 16.4. The first-order valence-corrected chi connectivity index (χ1v) is 8.59. The average molecular weight is 349 g/mol. The second-order valence-corrected chi connectivity index (χ2v) is 6.26. The van der Waals surface area contributed by atoms with Crippen molar-refractivity contribution in [2.45, 2.75) is 12.5 Å². The number of rotatable bonds is 4. The molecule has 0 aliphatic carbocycles. The standard InChI is InChI=1S/C20H19N3O3/c24-19-18(12-15-13-22-17-9-5-4-8-16(15)17)23(11-10-21-19)26-20(25)14-6-2-1-3-7-14/h1-9,13,18,22H,10-12H2,(H,21,24)/t18-/m1/s1. The highest BCUT2D eigenvalue weighted by atomic mass is 16.7. The molecule has 1 saturated heterocycles. The molecule has 6 nitrogen and oxygen atoms in total. The topological polar surface area (TPSA) is 74.4 Å². The minimum absolute atomic E-state index is 0.137. The Morgan fingerprint density at radius 3 is 2.73 bits per heavy atom. The number of nitrogens with one attached hydrogen (secondary N) is 2. The number of para-hydroxylation sites is 1. The molecule has 4 rings (SSSR count). The van der Waals surface area contributed by atoms with Crippen molar-refractivity contribution >= 4 is 22.8 Å². The quantitative estimate of drug-likeness (QED) is 0.758. The molecule has 0 bridgehead atoms. The first-order valence-electron chi connectivity index (χ1n) is 8.59. The molecule has 26 heavy (non-hydrogen) atoms. The molecule has 1 fully saturated rings. The number of carbonyl (C=O) groups excluding carboxylic acids is 2. The molecule has 1 aliphatic rings. The van der Waals surface area contributed by atoms with Gasteiger partial charge in [-0.15, -0.1) is 5.06 Å². The predicted octanol–water partition coefficient (Wildman–Crippen LogP) is 2.28. The Hall–Kier alpha value is -3.12. The highest BCUT2D eigenvalue weighted by molar-refractivity contribution is 5.90. The number of aromatic amines is 1. The van der Waals surface area contributed by atoms with Crippen molar-refractivity contribution in [3.63, 3.8) is 0 Å². The summed E-state index contributed by atoms with van der Waals surface area (Å²) in [7, 11) is 0. The van der Waals surface area contributed by atoms with E-state index in [1.165, 1.54) is 5.06 Å². The van der Waals surface area contributed by atoms with Crippen LogP contribution in [0.4, 0.5) is 0 Å². The lowest BCUT2D eigenvalue weighted by Crippen LogP contribution is -2.56. The van der Waals surface area contributed by atoms with Crippen LogP contribution in [0.25, 0.3) is 10.9 Å². The van der Waals surface area contributed by atoms with Crippen LogP contribution in [0.1, 0.15) is 15.9 Å². The third kappa shape index (κ3) is 3.19. The zero-order valence-corrected chi connectivity index (χ0v) is 14.1. The summed E-state index contributed by atoms with van der Waals surface area (Å²) < 4.78 is 0. The van der Waals surface area contributed by atoms with Gasteiger partial charge in [-0.3, -0.25) is 4.79 Å². The largest absolute Gasteiger partial charge is 0.363 e. The molecule has 1 atom stereocenters. The number of hydrogen-bond acceptors (Lipinski definition) is 4. The van der Waals surface area contributed by atoms with Crippen LogP contribution in [0.3, 0.4) is 0 Å². The monoisotopic (exact) mass is 349 g/mol. The van der Waals surface area contributed by atoms with E-state index in [4.69, 9.17) is 4.84 Å². The van der Waals surface area contributed by atoms with E-state index in [0.717, 1.165) is 16.5 Å². The number of H-pyrrole nitrogens is 1. The number of aromatic nitrogens is 1. The minimum atomic E-state index is -0.560. The summed E-state index contributed by atoms with van der Waals surface area (Å²) in [6.45, 7) is 0.905. The molecule has 2 N–H and O–H groups in total. The van der Waals surface area contributed by atoms with E-state index in [9.17, 15) is 9.59 Å². The SMILES string of the molecule is O=C(ON1CCNC(=O)[C@H]1Cc1c[nH]c2ccccc12)c1ccccc1. The minimum Gasteiger partial charge on any atom is -0.363 e. The lowest BCUT2D eigenvalue weighted by atomic mass is 10.0. The predicted molar refractivity (Wildman–Crippen MR) is 97.4 cm³/mol. The van der Waals surface area contributed by atoms with Gasteiger partial charge in [0.1, 0.15) is 6.04 Å². The number of hydroxylamine groups is 2. The number of fused-ring (bicyclic) bond motifs is 1. The summed E-state index contributed by atoms with van der Waals surface area (Å²) in [6.07, 6.45) is 2.36. The number of carbonyl (C=O) groups is 2. The molecule has 6 heteroatoms. The van der Waals surface area contributed by atoms with Crippen molar-refractivity contribution in [3.8, 4) is 0 Å². The lowest BCUT2D eigenvalue weighted by molar-refractivity contribution is -0.166. The van der Waals surface area contributed by atoms with Gasteiger partial charge in [-0.05, 0) is 23.8 Å². The molecule has 132 valence electrons. The van der Waals surface area contributed by atoms with Gasteiger partial charge in [0.05, 0.1) is 12.1 Å². The van der Waals surface area contributed by atoms with Crippen molar-refractivity contribution < 1.29 is 14.4 Å². The highest BCUT2D eigenvalue weighted by Crippen LogP contribution is 2.22. The van der Waals surface area contributed by atoms with Crippen LogP contribution in [0, 0.1) is 0 Å². The fraction of sp³-hybridized carbons (Fsp3) is 0.200. The molecule has 1 aromatic heterocycles. The molecule has 0 unspecified atom stereocenters. The number of amides is 1. The fourth-order valence-corrected chi connectivity index (χ4v) is 3.24. The molecule has 2 aromatic carbocycles. The van der Waals surface area contributed by atoms with Gasteiger partial charge in [-0.25, -0.2) is 4.79 Å². The maximum atomic E-state index is 12.4. The van der Waals surface area contributed by atoms with Gasteiger partial charge < -0.3 is 15.1 Å². The Morgan fingerprint density at radius 1 is 1.12 bits per heavy atom. The second-order valence-electron chi connectivity index (χ2n) is 6.26. The van der Waals surface area contributed by atoms with Gasteiger partial charge in [0.15, 0.2) is 0 Å². The summed E-state index contributed by atoms with van der Waals surface area (Å²) in [5, 5.41) is 5.42. The Balaban J connectivity index is 1.55. The fourth-order valence-electron chi connectivity index (χ4n) is 3.24. The van der Waals surface area contributed by atoms with Crippen molar-refractivity contribution in [2.24, 2.45) is 0 Å². The maximum absolute atomic E-state index is 12.4. The lowest BCUT2D eigenvalue weighted by Gasteiger charge is -2.33. The number of nitrogens with zero attached hydrogens (tertiary/aromatic N) is 1. The summed E-state index contributed by atoms with van der Waals surface area (Å²) >= 11 is 0. The molecule has 1 amide bonds. The normalized spacial score (nSPS) is 17.8. The van der Waals surface area contributed by atoms with Crippen LogP contribution in [0.15, 0.2) is 60.8 Å². The second kappa shape index (κ2) is 7.01. The van der Waals surface area contributed by atoms with Crippen molar-refractivity contribution in [3.05, 3.63) is 71.9 Å². The van der Waals surface area contributed by atoms with Crippen molar-refractivity contribution in [1.29, 1.82) is 0 Å². The number of benzene rings is 2. The molecular formula is C20H19N3O3. The molecule has 1 aliphatic heterocycles. The Labute approximate surface area is 150 Å². The van der Waals surface area contributed by atoms with Crippen LogP contribution in [0.5, 0.6) is 0 Å². The zero-order chi connectivity index (χ0) is 17.9. The zero-order valence-electron chi connectivity index (χ0n) is 14.1. The van der Waals surface area contributed by atoms with E-state index >= 15 is 0 Å². The summed E-state index contributed by atoms with van der Waals surface area (Å²) in [4.78, 5) is 33.6. The van der Waals surface area contributed by atoms with Crippen LogP contribution in [-0.2, 0) is 16.1 Å². The molecule has 3 aromatic rings. The van der Waals surface area contributed by atoms with Crippen LogP contribution in [-0.4, -0.2) is 41.1 Å². The van der Waals surface area contributed by atoms with E-state index < -0.39 is 12.0 Å². The Morgan fingerprint density at radius 2 is 1.88 bits per heavy atom.